The molecule has 36 heavy (non-hydrogen) atoms. The average molecular weight is 538 g/mol. The van der Waals surface area contributed by atoms with E-state index in [1.54, 1.807) is 0 Å². The van der Waals surface area contributed by atoms with Gasteiger partial charge in [0.2, 0.25) is 0 Å². The van der Waals surface area contributed by atoms with Crippen molar-refractivity contribution in [1.82, 2.24) is 0 Å². The standard InChI is InChI=1S/C26H52NO8P/c1-3-5-7-9-11-13-15-17-19-26(29)35-24(23-34-36(30,31)33-21-20-27)22-32-25(28)18-16-14-12-10-8-6-4-2/h24H,3-23,27H2,1-2H3,(H,30,31). The van der Waals surface area contributed by atoms with E-state index in [0.29, 0.717) is 6.42 Å². The molecule has 0 amide bonds. The Hall–Kier alpha value is -0.990. The number of hydrogen-bond acceptors (Lipinski definition) is 8. The number of carbonyl (C=O) groups excluding carboxylic acids is 2. The van der Waals surface area contributed by atoms with E-state index < -0.39 is 26.5 Å². The molecule has 0 aromatic rings. The normalized spacial score (nSPS) is 13.8. The highest BCUT2D eigenvalue weighted by molar-refractivity contribution is 7.47. The van der Waals surface area contributed by atoms with Gasteiger partial charge in [-0.1, -0.05) is 97.3 Å². The summed E-state index contributed by atoms with van der Waals surface area (Å²) in [6, 6.07) is 0. The molecule has 2 atom stereocenters. The Morgan fingerprint density at radius 1 is 0.722 bits per heavy atom. The second-order valence-electron chi connectivity index (χ2n) is 9.28. The highest BCUT2D eigenvalue weighted by Gasteiger charge is 2.25. The lowest BCUT2D eigenvalue weighted by Gasteiger charge is -2.19. The van der Waals surface area contributed by atoms with Crippen molar-refractivity contribution in [2.75, 3.05) is 26.4 Å². The largest absolute Gasteiger partial charge is 0.472 e. The fourth-order valence-corrected chi connectivity index (χ4v) is 4.40. The van der Waals surface area contributed by atoms with Crippen LogP contribution >= 0.6 is 7.82 Å². The molecule has 0 saturated carbocycles. The van der Waals surface area contributed by atoms with Crippen molar-refractivity contribution in [2.24, 2.45) is 5.73 Å². The third-order valence-corrected chi connectivity index (χ3v) is 6.73. The van der Waals surface area contributed by atoms with Gasteiger partial charge in [0.1, 0.15) is 6.61 Å². The summed E-state index contributed by atoms with van der Waals surface area (Å²) in [4.78, 5) is 34.1. The van der Waals surface area contributed by atoms with E-state index in [9.17, 15) is 19.0 Å². The third-order valence-electron chi connectivity index (χ3n) is 5.74. The van der Waals surface area contributed by atoms with Gasteiger partial charge in [0.05, 0.1) is 13.2 Å². The number of hydrogen-bond donors (Lipinski definition) is 2. The van der Waals surface area contributed by atoms with Gasteiger partial charge in [0, 0.05) is 19.4 Å². The Morgan fingerprint density at radius 3 is 1.69 bits per heavy atom. The molecule has 0 bridgehead atoms. The molecule has 0 rings (SSSR count). The van der Waals surface area contributed by atoms with Crippen LogP contribution in [-0.2, 0) is 32.7 Å². The molecule has 0 saturated heterocycles. The van der Waals surface area contributed by atoms with E-state index >= 15 is 0 Å². The molecular formula is C26H52NO8P. The summed E-state index contributed by atoms with van der Waals surface area (Å²) in [6.07, 6.45) is 16.0. The Labute approximate surface area is 218 Å². The van der Waals surface area contributed by atoms with Crippen molar-refractivity contribution in [1.29, 1.82) is 0 Å². The lowest BCUT2D eigenvalue weighted by molar-refractivity contribution is -0.161. The number of ether oxygens (including phenoxy) is 2. The van der Waals surface area contributed by atoms with Gasteiger partial charge in [-0.25, -0.2) is 4.57 Å². The van der Waals surface area contributed by atoms with Crippen LogP contribution in [0, 0.1) is 0 Å². The average Bonchev–Trinajstić information content (AvgIpc) is 2.85. The van der Waals surface area contributed by atoms with Crippen LogP contribution in [0.4, 0.5) is 0 Å². The molecular weight excluding hydrogens is 485 g/mol. The summed E-state index contributed by atoms with van der Waals surface area (Å²) in [7, 11) is -4.34. The van der Waals surface area contributed by atoms with Crippen LogP contribution < -0.4 is 5.73 Å². The molecule has 0 aromatic carbocycles. The highest BCUT2D eigenvalue weighted by atomic mass is 31.2. The summed E-state index contributed by atoms with van der Waals surface area (Å²) >= 11 is 0. The van der Waals surface area contributed by atoms with Gasteiger partial charge in [-0.2, -0.15) is 0 Å². The molecule has 9 nitrogen and oxygen atoms in total. The first-order valence-electron chi connectivity index (χ1n) is 14.0. The minimum atomic E-state index is -4.34. The van der Waals surface area contributed by atoms with Crippen LogP contribution in [0.2, 0.25) is 0 Å². The summed E-state index contributed by atoms with van der Waals surface area (Å²) in [6.45, 7) is 3.61. The first-order valence-corrected chi connectivity index (χ1v) is 15.5. The van der Waals surface area contributed by atoms with Crippen LogP contribution in [0.25, 0.3) is 0 Å². The van der Waals surface area contributed by atoms with Gasteiger partial charge in [-0.05, 0) is 12.8 Å². The Bertz CT molecular complexity index is 590. The van der Waals surface area contributed by atoms with Crippen molar-refractivity contribution >= 4 is 19.8 Å². The van der Waals surface area contributed by atoms with Crippen LogP contribution in [0.5, 0.6) is 0 Å². The molecule has 0 aromatic heterocycles. The molecule has 214 valence electrons. The lowest BCUT2D eigenvalue weighted by Crippen LogP contribution is -2.29. The van der Waals surface area contributed by atoms with Gasteiger partial charge < -0.3 is 20.1 Å². The molecule has 2 unspecified atom stereocenters. The zero-order chi connectivity index (χ0) is 26.9. The number of rotatable bonds is 26. The van der Waals surface area contributed by atoms with Gasteiger partial charge in [0.25, 0.3) is 0 Å². The lowest BCUT2D eigenvalue weighted by atomic mass is 10.1. The first-order chi connectivity index (χ1) is 17.3. The molecule has 0 aliphatic rings. The van der Waals surface area contributed by atoms with E-state index in [0.717, 1.165) is 38.5 Å². The zero-order valence-electron chi connectivity index (χ0n) is 22.8. The Balaban J connectivity index is 4.39. The second kappa shape index (κ2) is 24.4. The number of nitrogens with two attached hydrogens (primary N) is 1. The van der Waals surface area contributed by atoms with Crippen LogP contribution in [-0.4, -0.2) is 49.3 Å². The van der Waals surface area contributed by atoms with E-state index in [-0.39, 0.29) is 38.6 Å². The number of esters is 2. The van der Waals surface area contributed by atoms with E-state index in [1.807, 2.05) is 0 Å². The van der Waals surface area contributed by atoms with Crippen LogP contribution in [0.3, 0.4) is 0 Å². The number of carbonyl (C=O) groups is 2. The maximum absolute atomic E-state index is 12.3. The van der Waals surface area contributed by atoms with Crippen molar-refractivity contribution in [2.45, 2.75) is 129 Å². The van der Waals surface area contributed by atoms with Gasteiger partial charge >= 0.3 is 19.8 Å². The van der Waals surface area contributed by atoms with Crippen molar-refractivity contribution in [3.8, 4) is 0 Å². The molecule has 3 N–H and O–H groups in total. The first kappa shape index (κ1) is 35.0. The smallest absolute Gasteiger partial charge is 0.462 e. The quantitative estimate of drug-likeness (QED) is 0.0750. The number of unbranched alkanes of at least 4 members (excludes halogenated alkanes) is 13. The Kier molecular flexibility index (Phi) is 23.7. The molecule has 0 spiro atoms. The van der Waals surface area contributed by atoms with Crippen molar-refractivity contribution < 1.29 is 37.6 Å². The fourth-order valence-electron chi connectivity index (χ4n) is 3.63. The van der Waals surface area contributed by atoms with Gasteiger partial charge in [-0.3, -0.25) is 18.6 Å². The molecule has 0 aliphatic heterocycles. The molecule has 0 heterocycles. The molecule has 0 fully saturated rings. The Morgan fingerprint density at radius 2 is 1.19 bits per heavy atom. The minimum Gasteiger partial charge on any atom is -0.462 e. The summed E-state index contributed by atoms with van der Waals surface area (Å²) < 4.78 is 32.2. The minimum absolute atomic E-state index is 0.0567. The van der Waals surface area contributed by atoms with E-state index in [4.69, 9.17) is 24.3 Å². The predicted octanol–water partition coefficient (Wildman–Crippen LogP) is 6.21. The third kappa shape index (κ3) is 23.4. The van der Waals surface area contributed by atoms with Crippen molar-refractivity contribution in [3.63, 3.8) is 0 Å². The van der Waals surface area contributed by atoms with Crippen molar-refractivity contribution in [3.05, 3.63) is 0 Å². The van der Waals surface area contributed by atoms with Gasteiger partial charge in [-0.15, -0.1) is 0 Å². The molecule has 0 radical (unpaired) electrons. The topological polar surface area (TPSA) is 134 Å². The van der Waals surface area contributed by atoms with Crippen LogP contribution in [0.15, 0.2) is 0 Å². The predicted molar refractivity (Wildman–Crippen MR) is 141 cm³/mol. The number of phosphoric ester groups is 1. The summed E-state index contributed by atoms with van der Waals surface area (Å²) in [5.74, 6) is -0.840. The zero-order valence-corrected chi connectivity index (χ0v) is 23.7. The maximum Gasteiger partial charge on any atom is 0.472 e. The molecule has 0 aliphatic carbocycles. The van der Waals surface area contributed by atoms with E-state index in [2.05, 4.69) is 13.8 Å². The number of phosphoric acid groups is 1. The molecule has 10 heteroatoms. The summed E-state index contributed by atoms with van der Waals surface area (Å²) in [5, 5.41) is 0. The fraction of sp³-hybridized carbons (Fsp3) is 0.923. The second-order valence-corrected chi connectivity index (χ2v) is 10.7. The van der Waals surface area contributed by atoms with Crippen LogP contribution in [0.1, 0.15) is 123 Å². The van der Waals surface area contributed by atoms with Gasteiger partial charge in [0.15, 0.2) is 6.10 Å². The SMILES string of the molecule is CCCCCCCCCCC(=O)OC(COC(=O)CCCCCCCCC)COP(=O)(O)OCCN. The maximum atomic E-state index is 12.3. The van der Waals surface area contributed by atoms with E-state index in [1.165, 1.54) is 51.4 Å². The highest BCUT2D eigenvalue weighted by Crippen LogP contribution is 2.43. The monoisotopic (exact) mass is 537 g/mol. The summed E-state index contributed by atoms with van der Waals surface area (Å²) in [5.41, 5.74) is 5.28.